The fourth-order valence-electron chi connectivity index (χ4n) is 2.17. The van der Waals surface area contributed by atoms with Crippen LogP contribution in [0.25, 0.3) is 0 Å². The number of nitrogens with zero attached hydrogens (tertiary/aromatic N) is 1. The molecule has 0 saturated carbocycles. The molecule has 1 aliphatic rings. The number of carbonyl (C=O) groups is 1. The third-order valence-electron chi connectivity index (χ3n) is 3.27. The van der Waals surface area contributed by atoms with Gasteiger partial charge in [0.25, 0.3) is 5.91 Å². The van der Waals surface area contributed by atoms with Crippen LogP contribution < -0.4 is 9.47 Å². The molecule has 1 heterocycles. The van der Waals surface area contributed by atoms with E-state index in [0.717, 1.165) is 31.1 Å². The lowest BCUT2D eigenvalue weighted by atomic mass is 10.1. The number of fused-ring (bicyclic) bond motifs is 1. The van der Waals surface area contributed by atoms with E-state index < -0.39 is 0 Å². The van der Waals surface area contributed by atoms with Gasteiger partial charge >= 0.3 is 0 Å². The van der Waals surface area contributed by atoms with Gasteiger partial charge in [0.1, 0.15) is 13.2 Å². The highest BCUT2D eigenvalue weighted by molar-refractivity contribution is 9.09. The third kappa shape index (κ3) is 3.66. The minimum atomic E-state index is -0.00816. The lowest BCUT2D eigenvalue weighted by Gasteiger charge is -2.23. The second-order valence-electron chi connectivity index (χ2n) is 4.81. The monoisotopic (exact) mass is 341 g/mol. The maximum absolute atomic E-state index is 12.5. The van der Waals surface area contributed by atoms with E-state index >= 15 is 0 Å². The van der Waals surface area contributed by atoms with Crippen LogP contribution in [0.5, 0.6) is 11.5 Å². The summed E-state index contributed by atoms with van der Waals surface area (Å²) in [6.07, 6.45) is 3.27. The summed E-state index contributed by atoms with van der Waals surface area (Å²) in [6, 6.07) is 5.46. The van der Waals surface area contributed by atoms with Crippen molar-refractivity contribution >= 4 is 21.8 Å². The molecule has 0 atom stereocenters. The summed E-state index contributed by atoms with van der Waals surface area (Å²) in [4.78, 5) is 14.2. The zero-order valence-corrected chi connectivity index (χ0v) is 13.3. The minimum absolute atomic E-state index is 0.00816. The number of para-hydroxylation sites is 1. The van der Waals surface area contributed by atoms with Crippen LogP contribution in [0.2, 0.25) is 0 Å². The maximum Gasteiger partial charge on any atom is 0.257 e. The smallest absolute Gasteiger partial charge is 0.257 e. The molecule has 0 aromatic heterocycles. The molecular formula is C15H20BrNO3. The van der Waals surface area contributed by atoms with Crippen LogP contribution in [0.3, 0.4) is 0 Å². The quantitative estimate of drug-likeness (QED) is 0.589. The van der Waals surface area contributed by atoms with Crippen LogP contribution in [0, 0.1) is 0 Å². The van der Waals surface area contributed by atoms with E-state index in [2.05, 4.69) is 15.9 Å². The van der Waals surface area contributed by atoms with Gasteiger partial charge in [-0.3, -0.25) is 4.79 Å². The molecule has 0 bridgehead atoms. The Morgan fingerprint density at radius 1 is 1.25 bits per heavy atom. The van der Waals surface area contributed by atoms with Crippen molar-refractivity contribution in [3.63, 3.8) is 0 Å². The van der Waals surface area contributed by atoms with Gasteiger partial charge in [-0.1, -0.05) is 28.4 Å². The average Bonchev–Trinajstić information content (AvgIpc) is 2.50. The number of halogens is 1. The molecule has 1 amide bonds. The Morgan fingerprint density at radius 3 is 2.85 bits per heavy atom. The average molecular weight is 342 g/mol. The number of hydrogen-bond acceptors (Lipinski definition) is 3. The van der Waals surface area contributed by atoms with Gasteiger partial charge in [0, 0.05) is 18.9 Å². The number of benzene rings is 1. The number of carbonyl (C=O) groups excluding carboxylic acids is 1. The second-order valence-corrected chi connectivity index (χ2v) is 5.60. The third-order valence-corrected chi connectivity index (χ3v) is 3.83. The molecule has 20 heavy (non-hydrogen) atoms. The molecule has 4 nitrogen and oxygen atoms in total. The van der Waals surface area contributed by atoms with E-state index in [0.29, 0.717) is 30.3 Å². The molecule has 2 rings (SSSR count). The van der Waals surface area contributed by atoms with Crippen molar-refractivity contribution in [3.8, 4) is 11.5 Å². The summed E-state index contributed by atoms with van der Waals surface area (Å²) in [5.74, 6) is 1.23. The van der Waals surface area contributed by atoms with E-state index in [9.17, 15) is 4.79 Å². The molecule has 0 saturated heterocycles. The van der Waals surface area contributed by atoms with Crippen LogP contribution in [0.15, 0.2) is 18.2 Å². The largest absolute Gasteiger partial charge is 0.486 e. The number of hydrogen-bond donors (Lipinski definition) is 0. The second kappa shape index (κ2) is 7.53. The summed E-state index contributed by atoms with van der Waals surface area (Å²) in [5, 5.41) is 1.02. The van der Waals surface area contributed by atoms with Crippen molar-refractivity contribution in [2.45, 2.75) is 19.3 Å². The zero-order chi connectivity index (χ0) is 14.4. The van der Waals surface area contributed by atoms with Gasteiger partial charge in [-0.15, -0.1) is 0 Å². The Balaban J connectivity index is 2.01. The minimum Gasteiger partial charge on any atom is -0.486 e. The van der Waals surface area contributed by atoms with Crippen molar-refractivity contribution in [2.75, 3.05) is 32.1 Å². The van der Waals surface area contributed by atoms with Crippen LogP contribution in [0.4, 0.5) is 0 Å². The van der Waals surface area contributed by atoms with Crippen molar-refractivity contribution in [3.05, 3.63) is 23.8 Å². The summed E-state index contributed by atoms with van der Waals surface area (Å²) in [7, 11) is 1.83. The van der Waals surface area contributed by atoms with Crippen molar-refractivity contribution in [1.29, 1.82) is 0 Å². The molecule has 0 unspecified atom stereocenters. The Hall–Kier alpha value is -1.23. The summed E-state index contributed by atoms with van der Waals surface area (Å²) < 4.78 is 11.1. The summed E-state index contributed by atoms with van der Waals surface area (Å²) in [5.41, 5.74) is 0.588. The van der Waals surface area contributed by atoms with Gasteiger partial charge in [-0.05, 0) is 25.0 Å². The van der Waals surface area contributed by atoms with Gasteiger partial charge in [-0.25, -0.2) is 0 Å². The molecule has 1 aromatic carbocycles. The first kappa shape index (κ1) is 15.2. The Kier molecular flexibility index (Phi) is 5.71. The fraction of sp³-hybridized carbons (Fsp3) is 0.533. The molecule has 0 fully saturated rings. The zero-order valence-electron chi connectivity index (χ0n) is 11.7. The molecule has 110 valence electrons. The molecule has 0 radical (unpaired) electrons. The van der Waals surface area contributed by atoms with E-state index in [1.807, 2.05) is 19.2 Å². The highest BCUT2D eigenvalue weighted by Crippen LogP contribution is 2.34. The molecule has 1 aromatic rings. The van der Waals surface area contributed by atoms with E-state index in [-0.39, 0.29) is 5.91 Å². The lowest BCUT2D eigenvalue weighted by Crippen LogP contribution is -2.29. The first-order chi connectivity index (χ1) is 9.74. The first-order valence-electron chi connectivity index (χ1n) is 6.94. The van der Waals surface area contributed by atoms with Crippen LogP contribution in [-0.2, 0) is 0 Å². The highest BCUT2D eigenvalue weighted by Gasteiger charge is 2.22. The Bertz CT molecular complexity index is 464. The van der Waals surface area contributed by atoms with Gasteiger partial charge in [-0.2, -0.15) is 0 Å². The van der Waals surface area contributed by atoms with Crippen LogP contribution >= 0.6 is 15.9 Å². The number of rotatable bonds is 6. The normalized spacial score (nSPS) is 13.1. The standard InChI is InChI=1S/C15H20BrNO3/c1-17(9-4-2-3-8-16)15(18)12-6-5-7-13-14(12)20-11-10-19-13/h5-7H,2-4,8-11H2,1H3. The number of amides is 1. The van der Waals surface area contributed by atoms with Crippen LogP contribution in [-0.4, -0.2) is 42.9 Å². The predicted octanol–water partition coefficient (Wildman–Crippen LogP) is 3.10. The highest BCUT2D eigenvalue weighted by atomic mass is 79.9. The topological polar surface area (TPSA) is 38.8 Å². The van der Waals surface area contributed by atoms with Gasteiger partial charge in [0.2, 0.25) is 0 Å². The molecule has 0 spiro atoms. The van der Waals surface area contributed by atoms with E-state index in [4.69, 9.17) is 9.47 Å². The fourth-order valence-corrected chi connectivity index (χ4v) is 2.57. The molecular weight excluding hydrogens is 322 g/mol. The molecule has 5 heteroatoms. The van der Waals surface area contributed by atoms with Crippen molar-refractivity contribution in [1.82, 2.24) is 4.90 Å². The molecule has 0 N–H and O–H groups in total. The summed E-state index contributed by atoms with van der Waals surface area (Å²) in [6.45, 7) is 1.79. The van der Waals surface area contributed by atoms with Gasteiger partial charge < -0.3 is 14.4 Å². The van der Waals surface area contributed by atoms with Gasteiger partial charge in [0.15, 0.2) is 11.5 Å². The van der Waals surface area contributed by atoms with E-state index in [1.165, 1.54) is 0 Å². The van der Waals surface area contributed by atoms with Crippen molar-refractivity contribution < 1.29 is 14.3 Å². The molecule has 1 aliphatic heterocycles. The predicted molar refractivity (Wildman–Crippen MR) is 82.0 cm³/mol. The Labute approximate surface area is 128 Å². The van der Waals surface area contributed by atoms with E-state index in [1.54, 1.807) is 11.0 Å². The number of unbranched alkanes of at least 4 members (excludes halogenated alkanes) is 2. The maximum atomic E-state index is 12.5. The van der Waals surface area contributed by atoms with Crippen molar-refractivity contribution in [2.24, 2.45) is 0 Å². The van der Waals surface area contributed by atoms with Gasteiger partial charge in [0.05, 0.1) is 5.56 Å². The summed E-state index contributed by atoms with van der Waals surface area (Å²) >= 11 is 3.41. The SMILES string of the molecule is CN(CCCCCBr)C(=O)c1cccc2c1OCCO2. The first-order valence-corrected chi connectivity index (χ1v) is 8.06. The molecule has 0 aliphatic carbocycles. The lowest BCUT2D eigenvalue weighted by molar-refractivity contribution is 0.0782. The number of alkyl halides is 1. The number of ether oxygens (including phenoxy) is 2. The van der Waals surface area contributed by atoms with Crippen LogP contribution in [0.1, 0.15) is 29.6 Å². The Morgan fingerprint density at radius 2 is 2.05 bits per heavy atom.